The number of carbonyl (C=O) groups excluding carboxylic acids is 2. The van der Waals surface area contributed by atoms with Gasteiger partial charge in [0.25, 0.3) is 30.4 Å². The van der Waals surface area contributed by atoms with Gasteiger partial charge in [-0.3, -0.25) is 13.7 Å². The fourth-order valence-electron chi connectivity index (χ4n) is 7.65. The summed E-state index contributed by atoms with van der Waals surface area (Å²) in [6.45, 7) is 6.37. The second kappa shape index (κ2) is 21.7. The van der Waals surface area contributed by atoms with Crippen molar-refractivity contribution >= 4 is 64.1 Å². The molecule has 4 rings (SSSR count). The molecule has 0 spiro atoms. The van der Waals surface area contributed by atoms with Crippen LogP contribution in [0, 0.1) is 13.8 Å². The number of esters is 2. The highest BCUT2D eigenvalue weighted by Gasteiger charge is 2.29. The zero-order valence-corrected chi connectivity index (χ0v) is 40.0. The van der Waals surface area contributed by atoms with Gasteiger partial charge in [0.2, 0.25) is 11.0 Å². The number of nitrogens with zero attached hydrogens (tertiary/aromatic N) is 3. The summed E-state index contributed by atoms with van der Waals surface area (Å²) in [5.74, 6) is -1.39. The maximum absolute atomic E-state index is 14.7. The van der Waals surface area contributed by atoms with E-state index in [2.05, 4.69) is 0 Å². The number of rotatable bonds is 25. The molecule has 0 unspecified atom stereocenters. The molecule has 0 aliphatic rings. The molecule has 3 N–H and O–H groups in total. The van der Waals surface area contributed by atoms with E-state index in [9.17, 15) is 39.4 Å². The van der Waals surface area contributed by atoms with Crippen molar-refractivity contribution in [2.45, 2.75) is 52.5 Å². The van der Waals surface area contributed by atoms with Gasteiger partial charge >= 0.3 is 11.9 Å². The summed E-state index contributed by atoms with van der Waals surface area (Å²) in [4.78, 5) is 27.1. The molecule has 0 bridgehead atoms. The Bertz CT molecular complexity index is 2530. The maximum atomic E-state index is 14.7. The van der Waals surface area contributed by atoms with Crippen molar-refractivity contribution in [2.24, 2.45) is 0 Å². The number of carbonyl (C=O) groups is 2. The lowest BCUT2D eigenvalue weighted by molar-refractivity contribution is -0.890. The summed E-state index contributed by atoms with van der Waals surface area (Å²) in [6.07, 6.45) is 1.78. The molecule has 3 aromatic carbocycles. The molecule has 0 fully saturated rings. The van der Waals surface area contributed by atoms with Gasteiger partial charge in [-0.15, -0.1) is 0 Å². The van der Waals surface area contributed by atoms with Crippen molar-refractivity contribution < 1.29 is 81.0 Å². The van der Waals surface area contributed by atoms with E-state index in [0.717, 1.165) is 0 Å². The molecule has 0 saturated carbocycles. The van der Waals surface area contributed by atoms with Crippen molar-refractivity contribution in [1.29, 1.82) is 0 Å². The first-order chi connectivity index (χ1) is 29.7. The van der Waals surface area contributed by atoms with Gasteiger partial charge in [-0.25, -0.2) is 9.59 Å². The van der Waals surface area contributed by atoms with Gasteiger partial charge in [-0.2, -0.15) is 29.8 Å². The van der Waals surface area contributed by atoms with Gasteiger partial charge < -0.3 is 27.9 Å². The van der Waals surface area contributed by atoms with E-state index < -0.39 is 48.0 Å². The van der Waals surface area contributed by atoms with Gasteiger partial charge in [-0.05, 0) is 61.4 Å². The smallest absolute Gasteiger partial charge is 0.345 e. The van der Waals surface area contributed by atoms with Crippen LogP contribution in [0.5, 0.6) is 17.2 Å². The molecule has 0 saturated heterocycles. The Kier molecular flexibility index (Phi) is 17.7. The number of methoxy groups -OCH3 is 1. The molecule has 0 amide bonds. The van der Waals surface area contributed by atoms with Crippen molar-refractivity contribution in [3.05, 3.63) is 70.8 Å². The SMILES string of the molecule is COC(=O)c1cc(C)c(OC(=O)c2c3cc(OCCC[N+](C)(C)CCCS(=O)(=O)O)ccc3[n+](CCCS(=O)(=O)O)c3ccc(OCCC[N+](C)(C)CCCS(=O)(=O)O)cc23)c(C)c1. The lowest BCUT2D eigenvalue weighted by Crippen LogP contribution is -2.42. The van der Waals surface area contributed by atoms with E-state index in [-0.39, 0.29) is 67.4 Å². The first kappa shape index (κ1) is 52.1. The summed E-state index contributed by atoms with van der Waals surface area (Å²) < 4.78 is 123. The topological polar surface area (TPSA) is 238 Å². The Labute approximate surface area is 376 Å². The van der Waals surface area contributed by atoms with Gasteiger partial charge in [0.15, 0.2) is 6.54 Å². The van der Waals surface area contributed by atoms with Crippen molar-refractivity contribution in [3.8, 4) is 17.2 Å². The minimum Gasteiger partial charge on any atom is -0.493 e. The number of pyridine rings is 1. The lowest BCUT2D eigenvalue weighted by atomic mass is 10.0. The molecular formula is C43H62N3O15S3+3. The molecule has 354 valence electrons. The van der Waals surface area contributed by atoms with Crippen molar-refractivity contribution in [1.82, 2.24) is 0 Å². The van der Waals surface area contributed by atoms with Crippen LogP contribution in [0.2, 0.25) is 0 Å². The van der Waals surface area contributed by atoms with Crippen LogP contribution >= 0.6 is 0 Å². The number of fused-ring (bicyclic) bond motifs is 2. The molecule has 4 aromatic rings. The quantitative estimate of drug-likeness (QED) is 0.0159. The first-order valence-corrected chi connectivity index (χ1v) is 25.6. The van der Waals surface area contributed by atoms with Crippen LogP contribution in [0.4, 0.5) is 0 Å². The molecule has 0 atom stereocenters. The number of hydrogen-bond donors (Lipinski definition) is 3. The van der Waals surface area contributed by atoms with Crippen molar-refractivity contribution in [3.63, 3.8) is 0 Å². The molecule has 21 heteroatoms. The third-order valence-corrected chi connectivity index (χ3v) is 13.2. The Hall–Kier alpha value is -4.48. The molecule has 1 heterocycles. The molecule has 0 aliphatic heterocycles. The predicted molar refractivity (Wildman–Crippen MR) is 241 cm³/mol. The molecule has 18 nitrogen and oxygen atoms in total. The zero-order chi connectivity index (χ0) is 47.7. The van der Waals surface area contributed by atoms with Crippen LogP contribution in [-0.2, 0) is 41.6 Å². The highest BCUT2D eigenvalue weighted by molar-refractivity contribution is 7.86. The average Bonchev–Trinajstić information content (AvgIpc) is 3.17. The molecule has 0 radical (unpaired) electrons. The Morgan fingerprint density at radius 2 is 1.00 bits per heavy atom. The zero-order valence-electron chi connectivity index (χ0n) is 37.5. The van der Waals surface area contributed by atoms with Gasteiger partial charge in [-0.1, -0.05) is 0 Å². The summed E-state index contributed by atoms with van der Waals surface area (Å²) in [5, 5.41) is 0.816. The largest absolute Gasteiger partial charge is 0.493 e. The number of benzene rings is 3. The Balaban J connectivity index is 1.77. The van der Waals surface area contributed by atoms with Gasteiger partial charge in [0.1, 0.15) is 17.2 Å². The fraction of sp³-hybridized carbons (Fsp3) is 0.512. The van der Waals surface area contributed by atoms with E-state index in [1.165, 1.54) is 7.11 Å². The third kappa shape index (κ3) is 16.2. The van der Waals surface area contributed by atoms with E-state index in [0.29, 0.717) is 92.4 Å². The predicted octanol–water partition coefficient (Wildman–Crippen LogP) is 4.43. The molecular weight excluding hydrogens is 895 g/mol. The van der Waals surface area contributed by atoms with E-state index >= 15 is 0 Å². The molecule has 64 heavy (non-hydrogen) atoms. The molecule has 1 aromatic heterocycles. The van der Waals surface area contributed by atoms with Crippen LogP contribution in [-0.4, -0.2) is 152 Å². The van der Waals surface area contributed by atoms with Crippen LogP contribution in [0.1, 0.15) is 63.9 Å². The highest BCUT2D eigenvalue weighted by Crippen LogP contribution is 2.33. The lowest BCUT2D eigenvalue weighted by Gasteiger charge is -2.29. The van der Waals surface area contributed by atoms with E-state index in [1.807, 2.05) is 32.8 Å². The summed E-state index contributed by atoms with van der Waals surface area (Å²) in [7, 11) is -3.35. The maximum Gasteiger partial charge on any atom is 0.345 e. The van der Waals surface area contributed by atoms with Gasteiger partial charge in [0, 0.05) is 44.2 Å². The fourth-order valence-corrected chi connectivity index (χ4v) is 9.13. The van der Waals surface area contributed by atoms with Gasteiger partial charge in [0.05, 0.1) is 114 Å². The highest BCUT2D eigenvalue weighted by atomic mass is 32.2. The van der Waals surface area contributed by atoms with Crippen LogP contribution in [0.25, 0.3) is 21.8 Å². The monoisotopic (exact) mass is 956 g/mol. The second-order valence-electron chi connectivity index (χ2n) is 17.3. The Morgan fingerprint density at radius 3 is 1.41 bits per heavy atom. The third-order valence-electron chi connectivity index (χ3n) is 10.8. The standard InChI is InChI=1S/C43H59N3O15S3/c1-31-27-33(42(47)58-7)28-32(2)41(31)61-43(48)40-36-29-34(59-22-9-18-45(3,4)20-11-25-63(52,53)54)13-15-38(36)44(17-8-24-62(49,50)51)39-16-14-35(30-37(39)40)60-23-10-19-46(5,6)21-12-26-64(55,56)57/h13-16,27-30H,8-12,17-26H2,1-7H3/p+3. The second-order valence-corrected chi connectivity index (χ2v) is 22.0. The number of ether oxygens (including phenoxy) is 4. The normalized spacial score (nSPS) is 12.7. The number of aryl methyl sites for hydroxylation is 3. The number of hydrogen-bond acceptors (Lipinski definition) is 12. The summed E-state index contributed by atoms with van der Waals surface area (Å²) >= 11 is 0. The van der Waals surface area contributed by atoms with E-state index in [4.69, 9.17) is 28.1 Å². The average molecular weight is 957 g/mol. The number of aromatic nitrogens is 1. The summed E-state index contributed by atoms with van der Waals surface area (Å²) in [6, 6.07) is 13.5. The number of quaternary nitrogens is 2. The summed E-state index contributed by atoms with van der Waals surface area (Å²) in [5.41, 5.74) is 2.52. The minimum atomic E-state index is -4.29. The van der Waals surface area contributed by atoms with Crippen LogP contribution in [0.3, 0.4) is 0 Å². The van der Waals surface area contributed by atoms with Crippen LogP contribution < -0.4 is 18.8 Å². The minimum absolute atomic E-state index is 0.0372. The Morgan fingerprint density at radius 1 is 0.594 bits per heavy atom. The molecule has 0 aliphatic carbocycles. The first-order valence-electron chi connectivity index (χ1n) is 20.8. The van der Waals surface area contributed by atoms with E-state index in [1.54, 1.807) is 62.4 Å². The van der Waals surface area contributed by atoms with Crippen molar-refractivity contribution in [2.75, 3.05) is 92.0 Å². The van der Waals surface area contributed by atoms with Crippen LogP contribution in [0.15, 0.2) is 48.5 Å².